The van der Waals surface area contributed by atoms with Crippen LogP contribution in [-0.4, -0.2) is 26.4 Å². The highest BCUT2D eigenvalue weighted by molar-refractivity contribution is 7.89. The number of carbonyl (C=O) groups is 1. The lowest BCUT2D eigenvalue weighted by atomic mass is 10.2. The van der Waals surface area contributed by atoms with E-state index in [0.29, 0.717) is 5.13 Å². The van der Waals surface area contributed by atoms with Crippen molar-refractivity contribution >= 4 is 32.4 Å². The molecule has 0 saturated carbocycles. The van der Waals surface area contributed by atoms with E-state index in [4.69, 9.17) is 0 Å². The van der Waals surface area contributed by atoms with Crippen molar-refractivity contribution in [3.05, 3.63) is 40.4 Å². The predicted octanol–water partition coefficient (Wildman–Crippen LogP) is 1.79. The summed E-state index contributed by atoms with van der Waals surface area (Å²) in [4.78, 5) is 17.9. The summed E-state index contributed by atoms with van der Waals surface area (Å²) in [5, 5.41) is 3.30. The van der Waals surface area contributed by atoms with Gasteiger partial charge in [-0.15, -0.1) is 11.3 Å². The van der Waals surface area contributed by atoms with Crippen molar-refractivity contribution in [2.24, 2.45) is 0 Å². The standard InChI is InChI=1S/C14H15N3O3S2/c1-15-22(19,20)10-5-2-4-9(8-10)13(18)17-14-16-11-6-3-7-12(11)21-14/h2,4-5,8,15H,3,6-7H2,1H3,(H,16,17,18). The van der Waals surface area contributed by atoms with Crippen molar-refractivity contribution in [3.8, 4) is 0 Å². The van der Waals surface area contributed by atoms with Crippen LogP contribution in [0.5, 0.6) is 0 Å². The second-order valence-electron chi connectivity index (χ2n) is 4.93. The van der Waals surface area contributed by atoms with Gasteiger partial charge in [-0.2, -0.15) is 0 Å². The second kappa shape index (κ2) is 5.79. The lowest BCUT2D eigenvalue weighted by molar-refractivity contribution is 0.102. The van der Waals surface area contributed by atoms with Gasteiger partial charge in [0.25, 0.3) is 5.91 Å². The largest absolute Gasteiger partial charge is 0.298 e. The Morgan fingerprint density at radius 1 is 1.32 bits per heavy atom. The Morgan fingerprint density at radius 3 is 2.86 bits per heavy atom. The van der Waals surface area contributed by atoms with Crippen molar-refractivity contribution in [2.45, 2.75) is 24.2 Å². The number of carbonyl (C=O) groups excluding carboxylic acids is 1. The number of benzene rings is 1. The molecule has 6 nitrogen and oxygen atoms in total. The minimum atomic E-state index is -3.57. The molecule has 0 aliphatic heterocycles. The Hall–Kier alpha value is -1.77. The monoisotopic (exact) mass is 337 g/mol. The molecule has 116 valence electrons. The summed E-state index contributed by atoms with van der Waals surface area (Å²) in [6.07, 6.45) is 3.09. The molecule has 1 aliphatic rings. The zero-order valence-corrected chi connectivity index (χ0v) is 13.6. The minimum Gasteiger partial charge on any atom is -0.298 e. The molecule has 3 rings (SSSR count). The van der Waals surface area contributed by atoms with Gasteiger partial charge in [0.05, 0.1) is 10.6 Å². The van der Waals surface area contributed by atoms with Crippen LogP contribution in [0.15, 0.2) is 29.2 Å². The smallest absolute Gasteiger partial charge is 0.257 e. The fraction of sp³-hybridized carbons (Fsp3) is 0.286. The molecule has 1 aliphatic carbocycles. The molecular weight excluding hydrogens is 322 g/mol. The van der Waals surface area contributed by atoms with Crippen LogP contribution in [-0.2, 0) is 22.9 Å². The number of anilines is 1. The maximum Gasteiger partial charge on any atom is 0.257 e. The van der Waals surface area contributed by atoms with E-state index in [0.717, 1.165) is 25.0 Å². The normalized spacial score (nSPS) is 13.9. The van der Waals surface area contributed by atoms with Crippen molar-refractivity contribution in [3.63, 3.8) is 0 Å². The van der Waals surface area contributed by atoms with Gasteiger partial charge in [0, 0.05) is 10.4 Å². The average Bonchev–Trinajstić information content (AvgIpc) is 3.08. The topological polar surface area (TPSA) is 88.2 Å². The third kappa shape index (κ3) is 2.90. The molecule has 8 heteroatoms. The lowest BCUT2D eigenvalue weighted by Crippen LogP contribution is -2.19. The number of sulfonamides is 1. The third-order valence-electron chi connectivity index (χ3n) is 3.49. The summed E-state index contributed by atoms with van der Waals surface area (Å²) < 4.78 is 25.8. The molecule has 1 aromatic heterocycles. The van der Waals surface area contributed by atoms with Crippen LogP contribution in [0.2, 0.25) is 0 Å². The van der Waals surface area contributed by atoms with Gasteiger partial charge < -0.3 is 0 Å². The number of aryl methyl sites for hydroxylation is 2. The van der Waals surface area contributed by atoms with E-state index in [1.165, 1.54) is 35.4 Å². The van der Waals surface area contributed by atoms with Crippen LogP contribution < -0.4 is 10.0 Å². The summed E-state index contributed by atoms with van der Waals surface area (Å²) in [5.41, 5.74) is 1.35. The third-order valence-corrected chi connectivity index (χ3v) is 5.98. The molecule has 1 amide bonds. The van der Waals surface area contributed by atoms with Crippen LogP contribution in [0.3, 0.4) is 0 Å². The molecule has 22 heavy (non-hydrogen) atoms. The number of nitrogens with one attached hydrogen (secondary N) is 2. The first kappa shape index (κ1) is 15.1. The number of amides is 1. The summed E-state index contributed by atoms with van der Waals surface area (Å²) in [6, 6.07) is 5.91. The average molecular weight is 337 g/mol. The quantitative estimate of drug-likeness (QED) is 0.890. The summed E-state index contributed by atoms with van der Waals surface area (Å²) in [5.74, 6) is -0.361. The second-order valence-corrected chi connectivity index (χ2v) is 7.90. The first-order chi connectivity index (χ1) is 10.5. The lowest BCUT2D eigenvalue weighted by Gasteiger charge is -2.05. The summed E-state index contributed by atoms with van der Waals surface area (Å²) >= 11 is 1.49. The van der Waals surface area contributed by atoms with Gasteiger partial charge in [0.2, 0.25) is 10.0 Å². The van der Waals surface area contributed by atoms with E-state index in [1.54, 1.807) is 12.1 Å². The molecular formula is C14H15N3O3S2. The number of thiazole rings is 1. The molecule has 0 spiro atoms. The zero-order chi connectivity index (χ0) is 15.7. The van der Waals surface area contributed by atoms with Gasteiger partial charge in [-0.3, -0.25) is 10.1 Å². The first-order valence-corrected chi connectivity index (χ1v) is 9.13. The van der Waals surface area contributed by atoms with Gasteiger partial charge in [-0.1, -0.05) is 6.07 Å². The van der Waals surface area contributed by atoms with E-state index < -0.39 is 10.0 Å². The molecule has 0 saturated heterocycles. The van der Waals surface area contributed by atoms with Crippen LogP contribution in [0.25, 0.3) is 0 Å². The molecule has 0 radical (unpaired) electrons. The highest BCUT2D eigenvalue weighted by Crippen LogP contribution is 2.30. The van der Waals surface area contributed by atoms with E-state index >= 15 is 0 Å². The predicted molar refractivity (Wildman–Crippen MR) is 84.8 cm³/mol. The zero-order valence-electron chi connectivity index (χ0n) is 11.9. The molecule has 0 atom stereocenters. The Bertz CT molecular complexity index is 806. The maximum absolute atomic E-state index is 12.2. The number of fused-ring (bicyclic) bond motifs is 1. The molecule has 2 N–H and O–H groups in total. The van der Waals surface area contributed by atoms with Crippen molar-refractivity contribution in [1.82, 2.24) is 9.71 Å². The van der Waals surface area contributed by atoms with E-state index in [2.05, 4.69) is 15.0 Å². The van der Waals surface area contributed by atoms with Crippen LogP contribution >= 0.6 is 11.3 Å². The van der Waals surface area contributed by atoms with Gasteiger partial charge in [-0.05, 0) is 44.5 Å². The van der Waals surface area contributed by atoms with Gasteiger partial charge >= 0.3 is 0 Å². The molecule has 0 fully saturated rings. The number of hydrogen-bond donors (Lipinski definition) is 2. The highest BCUT2D eigenvalue weighted by Gasteiger charge is 2.19. The molecule has 2 aromatic rings. The first-order valence-electron chi connectivity index (χ1n) is 6.83. The maximum atomic E-state index is 12.2. The Kier molecular flexibility index (Phi) is 3.98. The highest BCUT2D eigenvalue weighted by atomic mass is 32.2. The fourth-order valence-electron chi connectivity index (χ4n) is 2.34. The van der Waals surface area contributed by atoms with Gasteiger partial charge in [0.15, 0.2) is 5.13 Å². The molecule has 1 aromatic carbocycles. The van der Waals surface area contributed by atoms with Crippen LogP contribution in [0.4, 0.5) is 5.13 Å². The summed E-state index contributed by atoms with van der Waals surface area (Å²) in [6.45, 7) is 0. The Morgan fingerprint density at radius 2 is 2.14 bits per heavy atom. The van der Waals surface area contributed by atoms with Crippen molar-refractivity contribution in [2.75, 3.05) is 12.4 Å². The Balaban J connectivity index is 1.81. The molecule has 1 heterocycles. The molecule has 0 unspecified atom stereocenters. The SMILES string of the molecule is CNS(=O)(=O)c1cccc(C(=O)Nc2nc3c(s2)CCC3)c1. The van der Waals surface area contributed by atoms with Gasteiger partial charge in [0.1, 0.15) is 0 Å². The number of hydrogen-bond acceptors (Lipinski definition) is 5. The molecule has 0 bridgehead atoms. The Labute approximate surface area is 132 Å². The van der Waals surface area contributed by atoms with E-state index in [1.807, 2.05) is 0 Å². The van der Waals surface area contributed by atoms with Gasteiger partial charge in [-0.25, -0.2) is 18.1 Å². The number of rotatable bonds is 4. The number of aromatic nitrogens is 1. The van der Waals surface area contributed by atoms with Crippen LogP contribution in [0.1, 0.15) is 27.3 Å². The van der Waals surface area contributed by atoms with Crippen LogP contribution in [0, 0.1) is 0 Å². The fourth-order valence-corrected chi connectivity index (χ4v) is 4.16. The van der Waals surface area contributed by atoms with Crippen molar-refractivity contribution in [1.29, 1.82) is 0 Å². The number of nitrogens with zero attached hydrogens (tertiary/aromatic N) is 1. The van der Waals surface area contributed by atoms with E-state index in [-0.39, 0.29) is 16.4 Å². The minimum absolute atomic E-state index is 0.0595. The summed E-state index contributed by atoms with van der Waals surface area (Å²) in [7, 11) is -2.23. The van der Waals surface area contributed by atoms with Crippen molar-refractivity contribution < 1.29 is 13.2 Å². The van der Waals surface area contributed by atoms with E-state index in [9.17, 15) is 13.2 Å².